The lowest BCUT2D eigenvalue weighted by Gasteiger charge is -2.18. The predicted molar refractivity (Wildman–Crippen MR) is 265 cm³/mol. The predicted octanol–water partition coefficient (Wildman–Crippen LogP) is 6.53. The molecule has 0 aliphatic carbocycles. The van der Waals surface area contributed by atoms with Crippen LogP contribution in [-0.4, -0.2) is 98.1 Å². The van der Waals surface area contributed by atoms with E-state index in [9.17, 15) is 48.1 Å². The smallest absolute Gasteiger partial charge is 0.324 e. The maximum Gasteiger partial charge on any atom is 0.324 e. The highest BCUT2D eigenvalue weighted by molar-refractivity contribution is 8.13. The van der Waals surface area contributed by atoms with Crippen molar-refractivity contribution in [3.63, 3.8) is 0 Å². The molecule has 18 nitrogen and oxygen atoms in total. The van der Waals surface area contributed by atoms with Crippen LogP contribution in [-0.2, 0) is 76.3 Å². The monoisotopic (exact) mass is 1050 g/mol. The Bertz CT molecular complexity index is 2290. The highest BCUT2D eigenvalue weighted by Crippen LogP contribution is 2.11. The number of nitrogens with two attached hydrogens (primary N) is 1. The van der Waals surface area contributed by atoms with Crippen LogP contribution in [0.25, 0.3) is 0 Å². The Morgan fingerprint density at radius 2 is 0.925 bits per heavy atom. The number of rotatable bonds is 18. The van der Waals surface area contributed by atoms with E-state index in [1.54, 1.807) is 12.1 Å². The highest BCUT2D eigenvalue weighted by atomic mass is 35.7. The van der Waals surface area contributed by atoms with Gasteiger partial charge in [0.25, 0.3) is 10.1 Å². The largest absolute Gasteiger partial charge is 0.480 e. The van der Waals surface area contributed by atoms with E-state index >= 15 is 0 Å². The summed E-state index contributed by atoms with van der Waals surface area (Å²) >= 11 is 0. The van der Waals surface area contributed by atoms with Crippen LogP contribution in [0.5, 0.6) is 0 Å². The molecule has 0 radical (unpaired) electrons. The number of carboxylic acids is 1. The fraction of sp³-hybridized carbons (Fsp3) is 0.523. The molecule has 386 valence electrons. The van der Waals surface area contributed by atoms with Crippen LogP contribution in [0.3, 0.4) is 0 Å². The first kappa shape index (κ1) is 69.6. The quantitative estimate of drug-likeness (QED) is 0.0514. The number of hydrogen-bond donors (Lipinski definition) is 5. The summed E-state index contributed by atoms with van der Waals surface area (Å²) in [7, 11) is -9.60. The fourth-order valence-corrected chi connectivity index (χ4v) is 6.73. The number of halogens is 1. The van der Waals surface area contributed by atoms with Gasteiger partial charge in [-0.15, -0.1) is 0 Å². The zero-order chi connectivity index (χ0) is 50.8. The third-order valence-corrected chi connectivity index (χ3v) is 9.80. The Balaban J connectivity index is -0.000000385. The molecule has 0 aliphatic rings. The molecule has 0 amide bonds. The maximum atomic E-state index is 12.0. The third kappa shape index (κ3) is 43.1. The summed E-state index contributed by atoms with van der Waals surface area (Å²) < 4.78 is 107. The number of nitrogens with one attached hydrogen (secondary N) is 2. The van der Waals surface area contributed by atoms with Crippen LogP contribution in [0.2, 0.25) is 0 Å². The van der Waals surface area contributed by atoms with Crippen molar-refractivity contribution in [2.45, 2.75) is 119 Å². The second-order valence-electron chi connectivity index (χ2n) is 15.9. The van der Waals surface area contributed by atoms with Gasteiger partial charge in [0.05, 0.1) is 23.7 Å². The average Bonchev–Trinajstić information content (AvgIpc) is 3.14. The van der Waals surface area contributed by atoms with E-state index < -0.39 is 69.3 Å². The number of carboxylic acid groups (broad SMARTS) is 1. The van der Waals surface area contributed by atoms with E-state index in [2.05, 4.69) is 20.1 Å². The van der Waals surface area contributed by atoms with Gasteiger partial charge in [-0.1, -0.05) is 135 Å². The molecule has 6 N–H and O–H groups in total. The molecule has 0 saturated carbocycles. The summed E-state index contributed by atoms with van der Waals surface area (Å²) in [5.74, 6) is -1.29. The van der Waals surface area contributed by atoms with Crippen molar-refractivity contribution < 1.29 is 67.2 Å². The van der Waals surface area contributed by atoms with E-state index in [-0.39, 0.29) is 44.2 Å². The van der Waals surface area contributed by atoms with Crippen LogP contribution in [0.1, 0.15) is 92.3 Å². The summed E-state index contributed by atoms with van der Waals surface area (Å²) in [4.78, 5) is 34.0. The van der Waals surface area contributed by atoms with Gasteiger partial charge < -0.3 is 20.3 Å². The molecule has 3 rings (SSSR count). The van der Waals surface area contributed by atoms with E-state index in [0.29, 0.717) is 31.8 Å². The molecule has 0 saturated heterocycles. The second kappa shape index (κ2) is 34.3. The van der Waals surface area contributed by atoms with E-state index in [4.69, 9.17) is 24.9 Å². The Morgan fingerprint density at radius 1 is 0.597 bits per heavy atom. The lowest BCUT2D eigenvalue weighted by Crippen LogP contribution is -2.42. The number of esters is 2. The summed E-state index contributed by atoms with van der Waals surface area (Å²) in [6.07, 6.45) is 4.26. The van der Waals surface area contributed by atoms with Gasteiger partial charge in [-0.05, 0) is 67.2 Å². The number of benzene rings is 3. The molecule has 67 heavy (non-hydrogen) atoms. The Morgan fingerprint density at radius 3 is 1.24 bits per heavy atom. The van der Waals surface area contributed by atoms with Gasteiger partial charge in [0, 0.05) is 10.7 Å². The van der Waals surface area contributed by atoms with E-state index in [1.165, 1.54) is 12.1 Å². The molecule has 0 aromatic heterocycles. The number of aryl methyl sites for hydroxylation is 1. The Kier molecular flexibility index (Phi) is 35.6. The molecule has 3 aromatic carbocycles. The molecule has 0 aliphatic heterocycles. The van der Waals surface area contributed by atoms with Gasteiger partial charge in [-0.2, -0.15) is 8.42 Å². The maximum absolute atomic E-state index is 12.0. The van der Waals surface area contributed by atoms with Gasteiger partial charge in [-0.3, -0.25) is 18.9 Å². The topological polar surface area (TPSA) is 297 Å². The number of carbonyl (C=O) groups excluding carboxylic acids is 2. The Labute approximate surface area is 405 Å². The standard InChI is InChI=1S/C14H21NO4S.C13H19NO2.C7H15NO4S.C7H8O3S.CH3ClO2S.2CH4/c1-11(2)9-13(15-20(3,17)18)14(16)19-10-12-7-5-4-6-8-12;1-10(2)8-12(14)13(15)16-9-11-6-4-3-5-7-11;1-5(2)4-6(7(9)10)8-13(3,11)12;1-6-2-4-7(5-3-6)11(8,9)10;1-5(2,3)4;;/h4-8,11,13,15H,9-10H2,1-3H3;3-7,10,12H,8-9,14H2,1-2H3;5-6,8H,4H2,1-3H3,(H,9,10);2-5H,1H3,(H,8,9,10);1H3;2*1H4/t13-;12-;6-;;;;/m000..../s1. The molecular formula is C44H74ClN3O15S4. The van der Waals surface area contributed by atoms with Crippen molar-refractivity contribution in [1.29, 1.82) is 0 Å². The number of hydrogen-bond acceptors (Lipinski definition) is 14. The van der Waals surface area contributed by atoms with Crippen LogP contribution in [0.15, 0.2) is 89.8 Å². The first-order valence-corrected chi connectivity index (χ1v) is 27.8. The van der Waals surface area contributed by atoms with Crippen molar-refractivity contribution in [2.75, 3.05) is 18.8 Å². The SMILES string of the molecule is C.C.CC(C)C[C@H](N)C(=O)OCc1ccccc1.CC(C)C[C@H](NS(C)(=O)=O)C(=O)O.CC(C)C[C@H](NS(C)(=O)=O)C(=O)OCc1ccccc1.CS(=O)(=O)Cl.Cc1ccc(S(=O)(=O)O)cc1. The fourth-order valence-electron chi connectivity index (χ4n) is 4.83. The van der Waals surface area contributed by atoms with Crippen LogP contribution >= 0.6 is 10.7 Å². The normalized spacial score (nSPS) is 12.5. The van der Waals surface area contributed by atoms with Crippen molar-refractivity contribution in [3.8, 4) is 0 Å². The number of ether oxygens (including phenoxy) is 2. The van der Waals surface area contributed by atoms with Gasteiger partial charge in [-0.25, -0.2) is 34.7 Å². The molecule has 0 heterocycles. The molecular weight excluding hydrogens is 974 g/mol. The summed E-state index contributed by atoms with van der Waals surface area (Å²) in [6.45, 7) is 13.8. The molecule has 23 heteroatoms. The number of aliphatic carboxylic acids is 1. The van der Waals surface area contributed by atoms with E-state index in [1.807, 2.05) is 109 Å². The minimum atomic E-state index is -4.02. The van der Waals surface area contributed by atoms with Crippen LogP contribution < -0.4 is 15.2 Å². The molecule has 0 bridgehead atoms. The van der Waals surface area contributed by atoms with E-state index in [0.717, 1.165) is 35.5 Å². The van der Waals surface area contributed by atoms with Crippen LogP contribution in [0, 0.1) is 24.7 Å². The van der Waals surface area contributed by atoms with Crippen LogP contribution in [0.4, 0.5) is 0 Å². The van der Waals surface area contributed by atoms with Gasteiger partial charge in [0.15, 0.2) is 0 Å². The van der Waals surface area contributed by atoms with Gasteiger partial charge >= 0.3 is 17.9 Å². The first-order valence-electron chi connectivity index (χ1n) is 19.9. The minimum Gasteiger partial charge on any atom is -0.480 e. The lowest BCUT2D eigenvalue weighted by atomic mass is 10.1. The number of carbonyl (C=O) groups is 3. The summed E-state index contributed by atoms with van der Waals surface area (Å²) in [5.41, 5.74) is 8.51. The molecule has 0 unspecified atom stereocenters. The van der Waals surface area contributed by atoms with Crippen molar-refractivity contribution in [1.82, 2.24) is 9.44 Å². The zero-order valence-electron chi connectivity index (χ0n) is 38.4. The first-order chi connectivity index (χ1) is 29.6. The molecule has 3 atom stereocenters. The zero-order valence-corrected chi connectivity index (χ0v) is 42.4. The molecule has 0 spiro atoms. The van der Waals surface area contributed by atoms with Crippen molar-refractivity contribution >= 4 is 67.8 Å². The summed E-state index contributed by atoms with van der Waals surface area (Å²) in [6, 6.07) is 22.5. The van der Waals surface area contributed by atoms with Crippen molar-refractivity contribution in [2.24, 2.45) is 23.5 Å². The molecule has 0 fully saturated rings. The lowest BCUT2D eigenvalue weighted by molar-refractivity contribution is -0.148. The Hall–Kier alpha value is -4.00. The highest BCUT2D eigenvalue weighted by Gasteiger charge is 2.25. The van der Waals surface area contributed by atoms with Gasteiger partial charge in [0.2, 0.25) is 29.1 Å². The third-order valence-electron chi connectivity index (χ3n) is 7.50. The van der Waals surface area contributed by atoms with Gasteiger partial charge in [0.1, 0.15) is 31.3 Å². The van der Waals surface area contributed by atoms with Crippen molar-refractivity contribution in [3.05, 3.63) is 102 Å². The average molecular weight is 1050 g/mol. The number of sulfonamides is 2. The second-order valence-corrected chi connectivity index (χ2v) is 23.9. The minimum absolute atomic E-state index is 0. The summed E-state index contributed by atoms with van der Waals surface area (Å²) in [5, 5.41) is 8.66. The molecule has 3 aromatic rings.